The van der Waals surface area contributed by atoms with E-state index < -0.39 is 48.3 Å². The molecule has 4 amide bonds. The van der Waals surface area contributed by atoms with Crippen molar-refractivity contribution in [1.82, 2.24) is 35.9 Å². The number of para-hydroxylation sites is 2. The number of aliphatic hydroxyl groups excluding tert-OH is 3. The van der Waals surface area contributed by atoms with Crippen LogP contribution in [0.3, 0.4) is 0 Å². The highest BCUT2D eigenvalue weighted by molar-refractivity contribution is 9.10. The number of nitrogens with zero attached hydrogens (tertiary/aromatic N) is 5. The molecule has 16 atom stereocenters. The standard InChI is InChI=1S/C37H55N5O5.C36H51BrN4O6/c1-21-30-16-27(37(30,4)5)17-31(21)39-36(45)34-33(22(2)43)32(18-38)47-42(34)20-25-11-10-12-29(35(25)46-9)26-13-24(19-41(8)23(3)44)14-28(15-26)40(6)7;1-20-28-16-25(36(28,3)4)17-29(20)39-35(45)32-31(21(2)43)30(19-42)47-41(32)18-22-9-8-10-27(33(22)46-7)23-13-24(15-26(37)14-23)34(44)38-11-12-40(5)6/h10-15,21-22,27,30-34,43H,16-20,38H2,1-9H3,(H,39,45);8-10,13-15,20-21,25,28-32,42-43H,11-12,16-19H2,1-7H3,(H,38,44)(H,39,45)/t21-,22-,27+,30-,31-,32-,33-,34-;20-,21?,25+,28-,29-,30-,31?,32-/m00/s1. The van der Waals surface area contributed by atoms with Gasteiger partial charge in [-0.05, 0) is 153 Å². The minimum atomic E-state index is -0.888. The lowest BCUT2D eigenvalue weighted by Gasteiger charge is -2.62. The molecule has 516 valence electrons. The number of fused-ring (bicyclic) bond motifs is 4. The summed E-state index contributed by atoms with van der Waals surface area (Å²) in [7, 11) is 12.9. The lowest BCUT2D eigenvalue weighted by Crippen LogP contribution is -2.62. The summed E-state index contributed by atoms with van der Waals surface area (Å²) in [6.45, 7) is 20.8. The van der Waals surface area contributed by atoms with Crippen LogP contribution in [0.15, 0.2) is 77.3 Å². The van der Waals surface area contributed by atoms with Gasteiger partial charge in [-0.2, -0.15) is 10.1 Å². The molecule has 0 spiro atoms. The topological polar surface area (TPSA) is 244 Å². The largest absolute Gasteiger partial charge is 0.496 e. The molecule has 8 aliphatic rings. The Kier molecular flexibility index (Phi) is 23.1. The van der Waals surface area contributed by atoms with E-state index in [1.54, 1.807) is 63.1 Å². The number of hydrogen-bond acceptors (Lipinski definition) is 16. The van der Waals surface area contributed by atoms with Crippen molar-refractivity contribution < 1.29 is 53.6 Å². The Morgan fingerprint density at radius 3 is 1.63 bits per heavy atom. The first-order valence-corrected chi connectivity index (χ1v) is 34.5. The number of benzene rings is 4. The summed E-state index contributed by atoms with van der Waals surface area (Å²) >= 11 is 3.57. The van der Waals surface area contributed by atoms with E-state index in [9.17, 15) is 34.5 Å². The number of ether oxygens (including phenoxy) is 2. The van der Waals surface area contributed by atoms with Crippen molar-refractivity contribution in [1.29, 1.82) is 0 Å². The molecule has 2 heterocycles. The predicted octanol–water partition coefficient (Wildman–Crippen LogP) is 8.11. The molecule has 2 unspecified atom stereocenters. The molecular weight excluding hydrogens is 1260 g/mol. The van der Waals surface area contributed by atoms with E-state index in [1.165, 1.54) is 12.8 Å². The summed E-state index contributed by atoms with van der Waals surface area (Å²) in [5.41, 5.74) is 14.3. The number of halogens is 1. The summed E-state index contributed by atoms with van der Waals surface area (Å²) in [6, 6.07) is 22.2. The van der Waals surface area contributed by atoms with E-state index in [2.05, 4.69) is 91.6 Å². The second-order valence-electron chi connectivity index (χ2n) is 29.5. The van der Waals surface area contributed by atoms with Gasteiger partial charge in [-0.25, -0.2) is 0 Å². The SMILES string of the molecule is COc1c(CN2O[C@@H](CN)[C@H]([C@H](C)O)[C@H]2C(=O)N[C@H]2C[C@H]3C[C@@H]([C@@H]2C)C3(C)C)cccc1-c1cc(CN(C)C(C)=O)cc(N(C)C)c1.COc1c(CN2O[C@@H](CO)C(C(C)O)[C@H]2C(=O)N[C@H]2C[C@H]3C[C@@H]([C@@H]2C)C3(C)C)cccc1-c1cc(Br)cc(C(=O)NCCN(C)C)c1. The highest BCUT2D eigenvalue weighted by Gasteiger charge is 2.59. The van der Waals surface area contributed by atoms with Crippen molar-refractivity contribution in [2.24, 2.45) is 63.9 Å². The monoisotopic (exact) mass is 1360 g/mol. The molecule has 8 N–H and O–H groups in total. The van der Waals surface area contributed by atoms with Gasteiger partial charge in [-0.3, -0.25) is 28.9 Å². The second-order valence-corrected chi connectivity index (χ2v) is 30.4. The molecule has 4 aromatic rings. The fraction of sp³-hybridized carbons (Fsp3) is 0.616. The van der Waals surface area contributed by atoms with E-state index in [4.69, 9.17) is 24.9 Å². The third-order valence-electron chi connectivity index (χ3n) is 22.5. The van der Waals surface area contributed by atoms with Gasteiger partial charge >= 0.3 is 0 Å². The van der Waals surface area contributed by atoms with Gasteiger partial charge in [-0.15, -0.1) is 0 Å². The van der Waals surface area contributed by atoms with Gasteiger partial charge in [0.05, 0.1) is 52.2 Å². The van der Waals surface area contributed by atoms with Crippen molar-refractivity contribution >= 4 is 45.2 Å². The number of rotatable bonds is 23. The maximum Gasteiger partial charge on any atom is 0.251 e. The van der Waals surface area contributed by atoms with E-state index >= 15 is 0 Å². The summed E-state index contributed by atoms with van der Waals surface area (Å²) in [5.74, 6) is 2.69. The number of likely N-dealkylation sites (N-methyl/N-ethyl adjacent to an activating group) is 1. The van der Waals surface area contributed by atoms with Gasteiger partial charge in [0.25, 0.3) is 5.91 Å². The van der Waals surface area contributed by atoms with Crippen LogP contribution in [0.1, 0.15) is 115 Å². The van der Waals surface area contributed by atoms with E-state index in [-0.39, 0.29) is 62.0 Å². The van der Waals surface area contributed by atoms with Crippen molar-refractivity contribution in [3.8, 4) is 33.8 Å². The number of methoxy groups -OCH3 is 2. The number of carbonyl (C=O) groups is 4. The molecule has 4 bridgehead atoms. The third kappa shape index (κ3) is 15.0. The van der Waals surface area contributed by atoms with Gasteiger partial charge in [0, 0.05) is 116 Å². The maximum atomic E-state index is 14.2. The van der Waals surface area contributed by atoms with Crippen LogP contribution in [0.2, 0.25) is 0 Å². The Labute approximate surface area is 566 Å². The first kappa shape index (κ1) is 72.5. The Morgan fingerprint density at radius 1 is 0.713 bits per heavy atom. The first-order valence-electron chi connectivity index (χ1n) is 33.7. The van der Waals surface area contributed by atoms with Crippen LogP contribution in [-0.2, 0) is 43.7 Å². The molecule has 20 nitrogen and oxygen atoms in total. The molecule has 94 heavy (non-hydrogen) atoms. The van der Waals surface area contributed by atoms with Crippen LogP contribution in [0, 0.1) is 58.2 Å². The van der Waals surface area contributed by atoms with E-state index in [0.717, 1.165) is 68.5 Å². The third-order valence-corrected chi connectivity index (χ3v) is 23.0. The van der Waals surface area contributed by atoms with Crippen molar-refractivity contribution in [3.63, 3.8) is 0 Å². The van der Waals surface area contributed by atoms with Gasteiger partial charge in [-0.1, -0.05) is 93.9 Å². The molecular formula is C73H106BrN9O11. The second kappa shape index (κ2) is 30.0. The molecule has 6 saturated carbocycles. The van der Waals surface area contributed by atoms with Gasteiger partial charge in [0.15, 0.2) is 0 Å². The van der Waals surface area contributed by atoms with Gasteiger partial charge < -0.3 is 61.2 Å². The van der Waals surface area contributed by atoms with Crippen LogP contribution in [0.5, 0.6) is 11.5 Å². The number of carbonyl (C=O) groups excluding carboxylic acids is 4. The van der Waals surface area contributed by atoms with Gasteiger partial charge in [0.1, 0.15) is 29.7 Å². The highest BCUT2D eigenvalue weighted by Crippen LogP contribution is 2.62. The Bertz CT molecular complexity index is 3340. The molecule has 2 saturated heterocycles. The molecule has 21 heteroatoms. The number of aliphatic hydroxyl groups is 3. The van der Waals surface area contributed by atoms with Crippen LogP contribution < -0.4 is 36.1 Å². The van der Waals surface area contributed by atoms with Crippen LogP contribution in [0.25, 0.3) is 22.3 Å². The van der Waals surface area contributed by atoms with Crippen molar-refractivity contribution in [2.45, 2.75) is 156 Å². The maximum absolute atomic E-state index is 14.2. The normalized spacial score (nSPS) is 28.8. The first-order chi connectivity index (χ1) is 44.4. The Hall–Kier alpha value is -5.72. The predicted molar refractivity (Wildman–Crippen MR) is 369 cm³/mol. The minimum absolute atomic E-state index is 0.00421. The zero-order chi connectivity index (χ0) is 68.6. The summed E-state index contributed by atoms with van der Waals surface area (Å²) in [5, 5.41) is 45.0. The lowest BCUT2D eigenvalue weighted by atomic mass is 9.45. The fourth-order valence-electron chi connectivity index (χ4n) is 16.6. The molecule has 2 aliphatic heterocycles. The average Bonchev–Trinajstić information content (AvgIpc) is 0.898. The van der Waals surface area contributed by atoms with Crippen molar-refractivity contribution in [3.05, 3.63) is 99.5 Å². The number of nitrogens with one attached hydrogen (secondary N) is 3. The molecule has 0 aromatic heterocycles. The number of hydrogen-bond donors (Lipinski definition) is 7. The van der Waals surface area contributed by atoms with Crippen LogP contribution in [-0.4, -0.2) is 183 Å². The zero-order valence-electron chi connectivity index (χ0n) is 58.2. The Balaban J connectivity index is 0.000000221. The summed E-state index contributed by atoms with van der Waals surface area (Å²) in [6.07, 6.45) is 1.41. The summed E-state index contributed by atoms with van der Waals surface area (Å²) in [4.78, 5) is 71.6. The zero-order valence-corrected chi connectivity index (χ0v) is 59.8. The van der Waals surface area contributed by atoms with Gasteiger partial charge in [0.2, 0.25) is 17.7 Å². The molecule has 8 fully saturated rings. The number of anilines is 1. The number of nitrogens with two attached hydrogens (primary N) is 1. The smallest absolute Gasteiger partial charge is 0.251 e. The van der Waals surface area contributed by atoms with Crippen LogP contribution >= 0.6 is 15.9 Å². The van der Waals surface area contributed by atoms with E-state index in [0.29, 0.717) is 76.5 Å². The molecule has 6 aliphatic carbocycles. The molecule has 4 aromatic carbocycles. The van der Waals surface area contributed by atoms with Crippen molar-refractivity contribution in [2.75, 3.05) is 80.6 Å². The number of hydroxylamine groups is 4. The van der Waals surface area contributed by atoms with Crippen LogP contribution in [0.4, 0.5) is 5.69 Å². The lowest BCUT2D eigenvalue weighted by molar-refractivity contribution is -0.183. The summed E-state index contributed by atoms with van der Waals surface area (Å²) < 4.78 is 12.8. The minimum Gasteiger partial charge on any atom is -0.496 e. The number of amides is 4. The average molecular weight is 1370 g/mol. The fourth-order valence-corrected chi connectivity index (χ4v) is 17.1. The quantitative estimate of drug-likeness (QED) is 0.0371. The van der Waals surface area contributed by atoms with E-state index in [1.807, 2.05) is 86.5 Å². The Morgan fingerprint density at radius 2 is 1.20 bits per heavy atom. The molecule has 0 radical (unpaired) electrons. The molecule has 12 rings (SSSR count). The highest BCUT2D eigenvalue weighted by atomic mass is 79.9.